The van der Waals surface area contributed by atoms with Gasteiger partial charge in [-0.25, -0.2) is 9.79 Å². The molecule has 2 heterocycles. The van der Waals surface area contributed by atoms with E-state index < -0.39 is 12.0 Å². The SMILES string of the molecule is CCOC(=O)C1=C(C)N=c2s/c(=C\c3cccc4ccccc34)c(=O)n2[C@@H]1c1ccc(N(C)C)cc1. The van der Waals surface area contributed by atoms with Gasteiger partial charge in [-0.1, -0.05) is 65.9 Å². The number of allylic oxidation sites excluding steroid dienone is 1. The lowest BCUT2D eigenvalue weighted by Crippen LogP contribution is -2.39. The van der Waals surface area contributed by atoms with E-state index in [-0.39, 0.29) is 12.2 Å². The molecular weight excluding hydrogens is 470 g/mol. The molecule has 0 aliphatic carbocycles. The van der Waals surface area contributed by atoms with Crippen LogP contribution in [0.15, 0.2) is 87.8 Å². The van der Waals surface area contributed by atoms with Crippen molar-refractivity contribution in [2.24, 2.45) is 4.99 Å². The zero-order valence-corrected chi connectivity index (χ0v) is 21.5. The van der Waals surface area contributed by atoms with Gasteiger partial charge in [0.2, 0.25) is 0 Å². The third-order valence-corrected chi connectivity index (χ3v) is 7.34. The Hall–Kier alpha value is -3.97. The first kappa shape index (κ1) is 23.8. The number of esters is 1. The Morgan fingerprint density at radius 2 is 1.81 bits per heavy atom. The number of aromatic nitrogens is 1. The number of carbonyl (C=O) groups is 1. The van der Waals surface area contributed by atoms with Gasteiger partial charge in [0, 0.05) is 19.8 Å². The number of carbonyl (C=O) groups excluding carboxylic acids is 1. The van der Waals surface area contributed by atoms with Crippen molar-refractivity contribution in [2.75, 3.05) is 25.6 Å². The Morgan fingerprint density at radius 3 is 2.53 bits per heavy atom. The summed E-state index contributed by atoms with van der Waals surface area (Å²) in [4.78, 5) is 34.2. The molecule has 1 aromatic heterocycles. The molecule has 1 atom stereocenters. The molecule has 4 aromatic rings. The molecule has 0 N–H and O–H groups in total. The highest BCUT2D eigenvalue weighted by molar-refractivity contribution is 7.07. The number of ether oxygens (including phenoxy) is 1. The molecule has 0 fully saturated rings. The van der Waals surface area contributed by atoms with Crippen LogP contribution in [0.4, 0.5) is 5.69 Å². The lowest BCUT2D eigenvalue weighted by molar-refractivity contribution is -0.139. The number of hydrogen-bond donors (Lipinski definition) is 0. The summed E-state index contributed by atoms with van der Waals surface area (Å²) in [6, 6.07) is 21.4. The average molecular weight is 498 g/mol. The molecule has 0 unspecified atom stereocenters. The predicted octanol–water partition coefficient (Wildman–Crippen LogP) is 4.02. The van der Waals surface area contributed by atoms with Crippen LogP contribution >= 0.6 is 11.3 Å². The van der Waals surface area contributed by atoms with Crippen LogP contribution in [0, 0.1) is 0 Å². The second-order valence-corrected chi connectivity index (χ2v) is 9.87. The zero-order chi connectivity index (χ0) is 25.4. The summed E-state index contributed by atoms with van der Waals surface area (Å²) in [6.07, 6.45) is 1.92. The topological polar surface area (TPSA) is 63.9 Å². The maximum absolute atomic E-state index is 13.8. The zero-order valence-electron chi connectivity index (χ0n) is 20.7. The van der Waals surface area contributed by atoms with Crippen LogP contribution in [-0.2, 0) is 9.53 Å². The van der Waals surface area contributed by atoms with Gasteiger partial charge < -0.3 is 9.64 Å². The predicted molar refractivity (Wildman–Crippen MR) is 145 cm³/mol. The Kier molecular flexibility index (Phi) is 6.33. The van der Waals surface area contributed by atoms with Gasteiger partial charge in [-0.2, -0.15) is 0 Å². The van der Waals surface area contributed by atoms with E-state index in [9.17, 15) is 9.59 Å². The highest BCUT2D eigenvalue weighted by atomic mass is 32.1. The molecule has 36 heavy (non-hydrogen) atoms. The maximum atomic E-state index is 13.8. The van der Waals surface area contributed by atoms with Crippen molar-refractivity contribution in [1.82, 2.24) is 4.57 Å². The highest BCUT2D eigenvalue weighted by Gasteiger charge is 2.33. The number of benzene rings is 3. The lowest BCUT2D eigenvalue weighted by Gasteiger charge is -2.25. The monoisotopic (exact) mass is 497 g/mol. The molecule has 1 aliphatic rings. The van der Waals surface area contributed by atoms with Crippen LogP contribution in [0.2, 0.25) is 0 Å². The fourth-order valence-corrected chi connectivity index (χ4v) is 5.62. The van der Waals surface area contributed by atoms with Crippen molar-refractivity contribution in [3.63, 3.8) is 0 Å². The number of anilines is 1. The van der Waals surface area contributed by atoms with Gasteiger partial charge in [0.25, 0.3) is 5.56 Å². The van der Waals surface area contributed by atoms with E-state index in [1.54, 1.807) is 18.4 Å². The minimum Gasteiger partial charge on any atom is -0.463 e. The Labute approximate surface area is 213 Å². The van der Waals surface area contributed by atoms with E-state index >= 15 is 0 Å². The van der Waals surface area contributed by atoms with Crippen molar-refractivity contribution < 1.29 is 9.53 Å². The molecule has 6 nitrogen and oxygen atoms in total. The van der Waals surface area contributed by atoms with Crippen LogP contribution < -0.4 is 19.8 Å². The highest BCUT2D eigenvalue weighted by Crippen LogP contribution is 2.31. The molecule has 1 aliphatic heterocycles. The summed E-state index contributed by atoms with van der Waals surface area (Å²) in [6.45, 7) is 3.82. The Balaban J connectivity index is 1.73. The number of thiazole rings is 1. The minimum absolute atomic E-state index is 0.178. The quantitative estimate of drug-likeness (QED) is 0.391. The first-order chi connectivity index (χ1) is 17.4. The molecule has 0 saturated heterocycles. The van der Waals surface area contributed by atoms with Gasteiger partial charge in [0.1, 0.15) is 0 Å². The van der Waals surface area contributed by atoms with Crippen LogP contribution in [0.5, 0.6) is 0 Å². The molecule has 0 bridgehead atoms. The largest absolute Gasteiger partial charge is 0.463 e. The molecule has 7 heteroatoms. The van der Waals surface area contributed by atoms with Gasteiger partial charge in [0.05, 0.1) is 28.5 Å². The average Bonchev–Trinajstić information content (AvgIpc) is 3.17. The molecule has 0 saturated carbocycles. The van der Waals surface area contributed by atoms with Crippen LogP contribution in [0.3, 0.4) is 0 Å². The lowest BCUT2D eigenvalue weighted by atomic mass is 9.95. The first-order valence-corrected chi connectivity index (χ1v) is 12.7. The number of hydrogen-bond acceptors (Lipinski definition) is 6. The van der Waals surface area contributed by atoms with E-state index in [2.05, 4.69) is 23.2 Å². The van der Waals surface area contributed by atoms with Gasteiger partial charge in [0.15, 0.2) is 4.80 Å². The van der Waals surface area contributed by atoms with E-state index in [1.807, 2.05) is 73.6 Å². The van der Waals surface area contributed by atoms with Crippen molar-refractivity contribution in [1.29, 1.82) is 0 Å². The van der Waals surface area contributed by atoms with Crippen LogP contribution in [-0.4, -0.2) is 31.2 Å². The molecule has 0 radical (unpaired) electrons. The van der Waals surface area contributed by atoms with Crippen molar-refractivity contribution in [2.45, 2.75) is 19.9 Å². The minimum atomic E-state index is -0.619. The molecule has 3 aromatic carbocycles. The molecule has 5 rings (SSSR count). The van der Waals surface area contributed by atoms with Gasteiger partial charge in [-0.3, -0.25) is 9.36 Å². The third kappa shape index (κ3) is 4.16. The molecule has 182 valence electrons. The smallest absolute Gasteiger partial charge is 0.338 e. The number of nitrogens with zero attached hydrogens (tertiary/aromatic N) is 3. The van der Waals surface area contributed by atoms with E-state index in [4.69, 9.17) is 4.74 Å². The maximum Gasteiger partial charge on any atom is 0.338 e. The van der Waals surface area contributed by atoms with Crippen molar-refractivity contribution in [3.8, 4) is 0 Å². The Morgan fingerprint density at radius 1 is 1.08 bits per heavy atom. The second kappa shape index (κ2) is 9.59. The molecule has 0 amide bonds. The number of rotatable bonds is 5. The van der Waals surface area contributed by atoms with Gasteiger partial charge >= 0.3 is 5.97 Å². The summed E-state index contributed by atoms with van der Waals surface area (Å²) >= 11 is 1.34. The molecule has 0 spiro atoms. The number of fused-ring (bicyclic) bond motifs is 2. The second-order valence-electron chi connectivity index (χ2n) is 8.86. The summed E-state index contributed by atoms with van der Waals surface area (Å²) < 4.78 is 7.58. The Bertz CT molecular complexity index is 1670. The fourth-order valence-electron chi connectivity index (χ4n) is 4.58. The van der Waals surface area contributed by atoms with Gasteiger partial charge in [-0.05, 0) is 54.0 Å². The van der Waals surface area contributed by atoms with Crippen LogP contribution in [0.25, 0.3) is 16.8 Å². The van der Waals surface area contributed by atoms with Crippen molar-refractivity contribution >= 4 is 39.8 Å². The van der Waals surface area contributed by atoms with Crippen LogP contribution in [0.1, 0.15) is 31.0 Å². The first-order valence-electron chi connectivity index (χ1n) is 11.8. The molecular formula is C29H27N3O3S. The van der Waals surface area contributed by atoms with Gasteiger partial charge in [-0.15, -0.1) is 0 Å². The summed E-state index contributed by atoms with van der Waals surface area (Å²) in [7, 11) is 3.94. The normalized spacial score (nSPS) is 15.6. The summed E-state index contributed by atoms with van der Waals surface area (Å²) in [5.41, 5.74) is 3.59. The summed E-state index contributed by atoms with van der Waals surface area (Å²) in [5.74, 6) is -0.455. The van der Waals surface area contributed by atoms with E-state index in [1.165, 1.54) is 11.3 Å². The third-order valence-electron chi connectivity index (χ3n) is 6.35. The van der Waals surface area contributed by atoms with E-state index in [0.29, 0.717) is 20.6 Å². The summed E-state index contributed by atoms with van der Waals surface area (Å²) in [5, 5.41) is 2.18. The fraction of sp³-hybridized carbons (Fsp3) is 0.207. The standard InChI is InChI=1S/C29H27N3O3S/c1-5-35-28(34)25-18(2)30-29-32(26(25)20-13-15-22(16-14-20)31(3)4)27(33)24(36-29)17-21-11-8-10-19-9-6-7-12-23(19)21/h6-17,26H,5H2,1-4H3/b24-17-/t26-/m1/s1. The van der Waals surface area contributed by atoms with E-state index in [0.717, 1.165) is 27.6 Å². The van der Waals surface area contributed by atoms with Crippen molar-refractivity contribution in [3.05, 3.63) is 109 Å².